The molecule has 1 aliphatic heterocycles. The Labute approximate surface area is 92.4 Å². The highest BCUT2D eigenvalue weighted by molar-refractivity contribution is 6.46. The fraction of sp³-hybridized carbons (Fsp3) is 0.333. The Balaban J connectivity index is 2.34. The Morgan fingerprint density at radius 1 is 1.60 bits per heavy atom. The van der Waals surface area contributed by atoms with Gasteiger partial charge in [0, 0.05) is 6.54 Å². The van der Waals surface area contributed by atoms with E-state index in [1.54, 1.807) is 6.20 Å². The fourth-order valence-corrected chi connectivity index (χ4v) is 1.82. The van der Waals surface area contributed by atoms with Crippen molar-refractivity contribution in [3.05, 3.63) is 23.4 Å². The molecule has 0 saturated heterocycles. The molecule has 80 valence electrons. The van der Waals surface area contributed by atoms with Crippen molar-refractivity contribution in [2.45, 2.75) is 0 Å². The number of hydrogen-bond donors (Lipinski definition) is 2. The van der Waals surface area contributed by atoms with Crippen LogP contribution in [0, 0.1) is 0 Å². The van der Waals surface area contributed by atoms with Gasteiger partial charge in [0.2, 0.25) is 5.70 Å². The average molecular weight is 228 g/mol. The molecule has 2 N–H and O–H groups in total. The van der Waals surface area contributed by atoms with Gasteiger partial charge in [-0.1, -0.05) is 16.7 Å². The molecule has 1 aromatic rings. The molecule has 6 heteroatoms. The molecule has 15 heavy (non-hydrogen) atoms. The number of aromatic nitrogens is 1. The van der Waals surface area contributed by atoms with Gasteiger partial charge < -0.3 is 9.73 Å². The molecular formula is C9H12ClN4O+. The van der Waals surface area contributed by atoms with E-state index in [0.29, 0.717) is 17.5 Å². The number of oxazole rings is 1. The molecule has 1 atom stereocenters. The Morgan fingerprint density at radius 3 is 3.00 bits per heavy atom. The first-order chi connectivity index (χ1) is 7.24. The lowest BCUT2D eigenvalue weighted by Gasteiger charge is -2.00. The van der Waals surface area contributed by atoms with Gasteiger partial charge in [-0.2, -0.15) is 5.01 Å². The van der Waals surface area contributed by atoms with Gasteiger partial charge in [-0.15, -0.1) is 0 Å². The van der Waals surface area contributed by atoms with Crippen LogP contribution in [-0.4, -0.2) is 31.3 Å². The zero-order chi connectivity index (χ0) is 10.8. The van der Waals surface area contributed by atoms with Crippen LogP contribution in [0.4, 0.5) is 0 Å². The number of halogens is 1. The number of quaternary nitrogens is 1. The van der Waals surface area contributed by atoms with Crippen LogP contribution < -0.4 is 10.3 Å². The lowest BCUT2D eigenvalue weighted by molar-refractivity contribution is -0.808. The van der Waals surface area contributed by atoms with E-state index in [-0.39, 0.29) is 0 Å². The summed E-state index contributed by atoms with van der Waals surface area (Å²) < 4.78 is 5.22. The van der Waals surface area contributed by atoms with Crippen LogP contribution in [0.2, 0.25) is 0 Å². The van der Waals surface area contributed by atoms with Gasteiger partial charge in [-0.25, -0.2) is 4.98 Å². The van der Waals surface area contributed by atoms with E-state index in [2.05, 4.69) is 15.4 Å². The molecule has 0 spiro atoms. The molecular weight excluding hydrogens is 216 g/mol. The maximum Gasteiger partial charge on any atom is 0.286 e. The largest absolute Gasteiger partial charge is 0.441 e. The molecule has 1 unspecified atom stereocenters. The second kappa shape index (κ2) is 4.14. The van der Waals surface area contributed by atoms with Crippen LogP contribution in [-0.2, 0) is 0 Å². The molecule has 1 aliphatic rings. The number of nitrogens with zero attached hydrogens (tertiary/aromatic N) is 2. The number of rotatable bonds is 3. The van der Waals surface area contributed by atoms with Crippen LogP contribution in [0.5, 0.6) is 0 Å². The first-order valence-corrected chi connectivity index (χ1v) is 4.98. The third kappa shape index (κ3) is 1.81. The smallest absolute Gasteiger partial charge is 0.286 e. The fourth-order valence-electron chi connectivity index (χ4n) is 1.49. The van der Waals surface area contributed by atoms with Crippen molar-refractivity contribution in [2.75, 3.05) is 20.6 Å². The topological polar surface area (TPSA) is 54.9 Å². The summed E-state index contributed by atoms with van der Waals surface area (Å²) >= 11 is 6.20. The van der Waals surface area contributed by atoms with Crippen LogP contribution >= 0.6 is 11.6 Å². The summed E-state index contributed by atoms with van der Waals surface area (Å²) in [5.74, 6) is 0.521. The lowest BCUT2D eigenvalue weighted by atomic mass is 10.3. The van der Waals surface area contributed by atoms with E-state index in [1.165, 1.54) is 6.26 Å². The Kier molecular flexibility index (Phi) is 2.86. The maximum atomic E-state index is 6.20. The zero-order valence-electron chi connectivity index (χ0n) is 8.54. The van der Waals surface area contributed by atoms with Gasteiger partial charge in [0.25, 0.3) is 5.89 Å². The SMILES string of the molecule is CNCC1=N[NH+](C)C(c2ncco2)=C1Cl. The monoisotopic (exact) mass is 227 g/mol. The first kappa shape index (κ1) is 10.4. The van der Waals surface area contributed by atoms with Gasteiger partial charge in [0.15, 0.2) is 0 Å². The summed E-state index contributed by atoms with van der Waals surface area (Å²) in [6.07, 6.45) is 3.12. The first-order valence-electron chi connectivity index (χ1n) is 4.60. The second-order valence-electron chi connectivity index (χ2n) is 3.20. The van der Waals surface area contributed by atoms with E-state index in [1.807, 2.05) is 14.1 Å². The van der Waals surface area contributed by atoms with Gasteiger partial charge in [0.1, 0.15) is 17.0 Å². The van der Waals surface area contributed by atoms with Crippen molar-refractivity contribution >= 4 is 23.0 Å². The quantitative estimate of drug-likeness (QED) is 0.745. The normalized spacial score (nSPS) is 21.0. The summed E-state index contributed by atoms with van der Waals surface area (Å²) in [4.78, 5) is 4.07. The van der Waals surface area contributed by atoms with E-state index >= 15 is 0 Å². The maximum absolute atomic E-state index is 6.20. The van der Waals surface area contributed by atoms with E-state index in [4.69, 9.17) is 16.0 Å². The summed E-state index contributed by atoms with van der Waals surface area (Å²) in [6, 6.07) is 0. The minimum Gasteiger partial charge on any atom is -0.441 e. The molecule has 0 bridgehead atoms. The zero-order valence-corrected chi connectivity index (χ0v) is 9.30. The summed E-state index contributed by atoms with van der Waals surface area (Å²) in [7, 11) is 3.75. The van der Waals surface area contributed by atoms with Crippen LogP contribution in [0.1, 0.15) is 5.89 Å². The molecule has 0 radical (unpaired) electrons. The number of hydrogen-bond acceptors (Lipinski definition) is 4. The predicted octanol–water partition coefficient (Wildman–Crippen LogP) is -0.314. The van der Waals surface area contributed by atoms with Crippen LogP contribution in [0.3, 0.4) is 0 Å². The highest BCUT2D eigenvalue weighted by atomic mass is 35.5. The minimum absolute atomic E-state index is 0.521. The standard InChI is InChI=1S/C9H11ClN4O/c1-11-5-6-7(10)8(14(2)13-6)9-12-3-4-15-9/h3-4,11H,5H2,1-2H3/p+1. The van der Waals surface area contributed by atoms with Crippen LogP contribution in [0.25, 0.3) is 5.70 Å². The molecule has 0 saturated carbocycles. The van der Waals surface area contributed by atoms with E-state index in [9.17, 15) is 0 Å². The predicted molar refractivity (Wildman–Crippen MR) is 57.5 cm³/mol. The lowest BCUT2D eigenvalue weighted by Crippen LogP contribution is -3.00. The average Bonchev–Trinajstić information content (AvgIpc) is 2.77. The van der Waals surface area contributed by atoms with Crippen molar-refractivity contribution in [3.8, 4) is 0 Å². The molecule has 0 aliphatic carbocycles. The van der Waals surface area contributed by atoms with Gasteiger partial charge in [-0.05, 0) is 7.05 Å². The van der Waals surface area contributed by atoms with Gasteiger partial charge in [0.05, 0.1) is 13.2 Å². The van der Waals surface area contributed by atoms with E-state index < -0.39 is 0 Å². The van der Waals surface area contributed by atoms with Gasteiger partial charge >= 0.3 is 0 Å². The summed E-state index contributed by atoms with van der Waals surface area (Å²) in [5.41, 5.74) is 1.61. The third-order valence-electron chi connectivity index (χ3n) is 2.13. The third-order valence-corrected chi connectivity index (χ3v) is 2.53. The highest BCUT2D eigenvalue weighted by Gasteiger charge is 2.31. The molecule has 5 nitrogen and oxygen atoms in total. The molecule has 0 aromatic carbocycles. The van der Waals surface area contributed by atoms with E-state index in [0.717, 1.165) is 16.4 Å². The highest BCUT2D eigenvalue weighted by Crippen LogP contribution is 2.19. The van der Waals surface area contributed by atoms with Crippen molar-refractivity contribution in [2.24, 2.45) is 5.10 Å². The van der Waals surface area contributed by atoms with Crippen molar-refractivity contribution in [3.63, 3.8) is 0 Å². The van der Waals surface area contributed by atoms with Crippen molar-refractivity contribution in [1.29, 1.82) is 0 Å². The van der Waals surface area contributed by atoms with Crippen molar-refractivity contribution in [1.82, 2.24) is 10.3 Å². The Hall–Kier alpha value is -1.17. The molecule has 2 rings (SSSR count). The molecule has 0 fully saturated rings. The Bertz CT molecular complexity index is 410. The summed E-state index contributed by atoms with van der Waals surface area (Å²) in [6.45, 7) is 0.639. The second-order valence-corrected chi connectivity index (χ2v) is 3.58. The van der Waals surface area contributed by atoms with Gasteiger partial charge in [-0.3, -0.25) is 0 Å². The van der Waals surface area contributed by atoms with Crippen molar-refractivity contribution < 1.29 is 9.43 Å². The molecule has 0 amide bonds. The Morgan fingerprint density at radius 2 is 2.40 bits per heavy atom. The minimum atomic E-state index is 0.521. The van der Waals surface area contributed by atoms with Crippen LogP contribution in [0.15, 0.2) is 27.0 Å². The number of nitrogens with one attached hydrogen (secondary N) is 2. The summed E-state index contributed by atoms with van der Waals surface area (Å²) in [5, 5.41) is 8.83. The molecule has 2 heterocycles. The molecule has 1 aromatic heterocycles.